The number of carbonyl (C=O) groups excluding carboxylic acids is 1. The van der Waals surface area contributed by atoms with Crippen molar-refractivity contribution in [3.8, 4) is 0 Å². The van der Waals surface area contributed by atoms with Gasteiger partial charge in [0.25, 0.3) is 0 Å². The summed E-state index contributed by atoms with van der Waals surface area (Å²) in [5.41, 5.74) is 2.57. The van der Waals surface area contributed by atoms with Crippen molar-refractivity contribution >= 4 is 11.7 Å². The number of nitrogens with zero attached hydrogens (tertiary/aromatic N) is 2. The Morgan fingerprint density at radius 2 is 2.21 bits per heavy atom. The van der Waals surface area contributed by atoms with Crippen LogP contribution in [0.4, 0.5) is 5.82 Å². The quantitative estimate of drug-likeness (QED) is 0.880. The molecule has 1 aromatic heterocycles. The van der Waals surface area contributed by atoms with Crippen LogP contribution in [0.1, 0.15) is 29.9 Å². The van der Waals surface area contributed by atoms with Gasteiger partial charge in [-0.15, -0.1) is 0 Å². The second-order valence-corrected chi connectivity index (χ2v) is 6.16. The summed E-state index contributed by atoms with van der Waals surface area (Å²) in [5, 5.41) is 10.0. The van der Waals surface area contributed by atoms with E-state index in [0.717, 1.165) is 26.1 Å². The molecule has 1 amide bonds. The lowest BCUT2D eigenvalue weighted by Gasteiger charge is -2.36. The van der Waals surface area contributed by atoms with E-state index < -0.39 is 0 Å². The molecule has 2 aromatic rings. The van der Waals surface area contributed by atoms with Gasteiger partial charge in [0.15, 0.2) is 5.82 Å². The molecule has 0 aliphatic carbocycles. The van der Waals surface area contributed by atoms with Crippen LogP contribution in [0.3, 0.4) is 0 Å². The number of hydrogen-bond acceptors (Lipinski definition) is 5. The first-order valence-electron chi connectivity index (χ1n) is 8.42. The summed E-state index contributed by atoms with van der Waals surface area (Å²) < 4.78 is 4.98. The molecule has 1 aromatic carbocycles. The number of hydrogen-bond donors (Lipinski definition) is 2. The summed E-state index contributed by atoms with van der Waals surface area (Å²) in [6, 6.07) is 10.6. The SMILES string of the molecule is CCc1ccc(C2CNCCN2CC(=O)Nc2cc(C)on2)cc1. The zero-order valence-electron chi connectivity index (χ0n) is 14.2. The van der Waals surface area contributed by atoms with Crippen molar-refractivity contribution in [2.24, 2.45) is 0 Å². The molecule has 0 saturated carbocycles. The second kappa shape index (κ2) is 7.59. The van der Waals surface area contributed by atoms with Gasteiger partial charge in [-0.1, -0.05) is 36.3 Å². The highest BCUT2D eigenvalue weighted by Crippen LogP contribution is 2.22. The molecule has 6 nitrogen and oxygen atoms in total. The Labute approximate surface area is 142 Å². The first kappa shape index (κ1) is 16.7. The molecule has 6 heteroatoms. The summed E-state index contributed by atoms with van der Waals surface area (Å²) in [7, 11) is 0. The van der Waals surface area contributed by atoms with E-state index in [9.17, 15) is 4.79 Å². The molecule has 2 N–H and O–H groups in total. The van der Waals surface area contributed by atoms with E-state index in [1.807, 2.05) is 0 Å². The maximum absolute atomic E-state index is 12.3. The largest absolute Gasteiger partial charge is 0.360 e. The number of carbonyl (C=O) groups is 1. The number of anilines is 1. The van der Waals surface area contributed by atoms with Crippen LogP contribution in [-0.2, 0) is 11.2 Å². The molecule has 1 fully saturated rings. The first-order valence-corrected chi connectivity index (χ1v) is 8.42. The molecular formula is C18H24N4O2. The normalized spacial score (nSPS) is 18.5. The lowest BCUT2D eigenvalue weighted by molar-refractivity contribution is -0.118. The summed E-state index contributed by atoms with van der Waals surface area (Å²) in [6.07, 6.45) is 1.03. The highest BCUT2D eigenvalue weighted by Gasteiger charge is 2.25. The average Bonchev–Trinajstić information content (AvgIpc) is 3.00. The third-order valence-electron chi connectivity index (χ3n) is 4.37. The third-order valence-corrected chi connectivity index (χ3v) is 4.37. The van der Waals surface area contributed by atoms with Crippen molar-refractivity contribution in [2.75, 3.05) is 31.5 Å². The Bertz CT molecular complexity index is 681. The van der Waals surface area contributed by atoms with Crippen LogP contribution in [-0.4, -0.2) is 42.1 Å². The van der Waals surface area contributed by atoms with Gasteiger partial charge in [-0.05, 0) is 24.5 Å². The monoisotopic (exact) mass is 328 g/mol. The van der Waals surface area contributed by atoms with Crippen molar-refractivity contribution in [1.29, 1.82) is 0 Å². The smallest absolute Gasteiger partial charge is 0.239 e. The highest BCUT2D eigenvalue weighted by atomic mass is 16.5. The van der Waals surface area contributed by atoms with Gasteiger partial charge in [0.2, 0.25) is 5.91 Å². The predicted molar refractivity (Wildman–Crippen MR) is 92.9 cm³/mol. The van der Waals surface area contributed by atoms with Gasteiger partial charge in [0.1, 0.15) is 5.76 Å². The van der Waals surface area contributed by atoms with E-state index in [1.165, 1.54) is 11.1 Å². The predicted octanol–water partition coefficient (Wildman–Crippen LogP) is 2.13. The van der Waals surface area contributed by atoms with Crippen molar-refractivity contribution in [3.63, 3.8) is 0 Å². The topological polar surface area (TPSA) is 70.4 Å². The Hall–Kier alpha value is -2.18. The van der Waals surface area contributed by atoms with E-state index in [-0.39, 0.29) is 11.9 Å². The number of piperazine rings is 1. The van der Waals surface area contributed by atoms with Crippen molar-refractivity contribution in [2.45, 2.75) is 26.3 Å². The lowest BCUT2D eigenvalue weighted by Crippen LogP contribution is -2.48. The van der Waals surface area contributed by atoms with Gasteiger partial charge >= 0.3 is 0 Å². The Morgan fingerprint density at radius 3 is 2.88 bits per heavy atom. The zero-order valence-corrected chi connectivity index (χ0v) is 14.2. The fraction of sp³-hybridized carbons (Fsp3) is 0.444. The minimum absolute atomic E-state index is 0.0691. The molecule has 2 heterocycles. The Balaban J connectivity index is 1.66. The lowest BCUT2D eigenvalue weighted by atomic mass is 10.0. The van der Waals surface area contributed by atoms with E-state index in [0.29, 0.717) is 18.1 Å². The molecule has 0 spiro atoms. The number of rotatable bonds is 5. The van der Waals surface area contributed by atoms with Crippen molar-refractivity contribution in [1.82, 2.24) is 15.4 Å². The van der Waals surface area contributed by atoms with Crippen LogP contribution < -0.4 is 10.6 Å². The van der Waals surface area contributed by atoms with Crippen LogP contribution in [0.15, 0.2) is 34.9 Å². The highest BCUT2D eigenvalue weighted by molar-refractivity contribution is 5.91. The molecule has 0 bridgehead atoms. The van der Waals surface area contributed by atoms with Gasteiger partial charge in [-0.2, -0.15) is 0 Å². The third kappa shape index (κ3) is 4.01. The van der Waals surface area contributed by atoms with E-state index in [1.54, 1.807) is 13.0 Å². The van der Waals surface area contributed by atoms with Crippen molar-refractivity contribution in [3.05, 3.63) is 47.2 Å². The molecule has 1 aliphatic rings. The van der Waals surface area contributed by atoms with E-state index in [2.05, 4.69) is 51.9 Å². The van der Waals surface area contributed by atoms with Crippen LogP contribution in [0.2, 0.25) is 0 Å². The molecule has 128 valence electrons. The fourth-order valence-electron chi connectivity index (χ4n) is 3.03. The van der Waals surface area contributed by atoms with E-state index in [4.69, 9.17) is 4.52 Å². The molecular weight excluding hydrogens is 304 g/mol. The number of nitrogens with one attached hydrogen (secondary N) is 2. The van der Waals surface area contributed by atoms with Crippen LogP contribution in [0.5, 0.6) is 0 Å². The van der Waals surface area contributed by atoms with Gasteiger partial charge in [0.05, 0.1) is 6.54 Å². The van der Waals surface area contributed by atoms with Crippen LogP contribution >= 0.6 is 0 Å². The number of aryl methyl sites for hydroxylation is 2. The summed E-state index contributed by atoms with van der Waals surface area (Å²) in [4.78, 5) is 14.5. The number of amides is 1. The Morgan fingerprint density at radius 1 is 1.42 bits per heavy atom. The molecule has 3 rings (SSSR count). The molecule has 24 heavy (non-hydrogen) atoms. The maximum Gasteiger partial charge on any atom is 0.239 e. The summed E-state index contributed by atoms with van der Waals surface area (Å²) in [6.45, 7) is 6.87. The minimum atomic E-state index is -0.0691. The van der Waals surface area contributed by atoms with Gasteiger partial charge in [-0.25, -0.2) is 0 Å². The first-order chi connectivity index (χ1) is 11.7. The van der Waals surface area contributed by atoms with E-state index >= 15 is 0 Å². The number of aromatic nitrogens is 1. The molecule has 1 atom stereocenters. The van der Waals surface area contributed by atoms with Gasteiger partial charge in [0, 0.05) is 31.7 Å². The van der Waals surface area contributed by atoms with Crippen LogP contribution in [0, 0.1) is 6.92 Å². The zero-order chi connectivity index (χ0) is 16.9. The maximum atomic E-state index is 12.3. The van der Waals surface area contributed by atoms with Crippen LogP contribution in [0.25, 0.3) is 0 Å². The summed E-state index contributed by atoms with van der Waals surface area (Å²) in [5.74, 6) is 1.08. The van der Waals surface area contributed by atoms with Crippen molar-refractivity contribution < 1.29 is 9.32 Å². The Kier molecular flexibility index (Phi) is 5.27. The molecule has 1 unspecified atom stereocenters. The minimum Gasteiger partial charge on any atom is -0.360 e. The average molecular weight is 328 g/mol. The molecule has 1 aliphatic heterocycles. The standard InChI is InChI=1S/C18H24N4O2/c1-3-14-4-6-15(7-5-14)16-11-19-8-9-22(16)12-18(23)20-17-10-13(2)24-21-17/h4-7,10,16,19H,3,8-9,11-12H2,1-2H3,(H,20,21,23). The second-order valence-electron chi connectivity index (χ2n) is 6.16. The van der Waals surface area contributed by atoms with Gasteiger partial charge in [-0.3, -0.25) is 9.69 Å². The van der Waals surface area contributed by atoms with Gasteiger partial charge < -0.3 is 15.2 Å². The molecule has 0 radical (unpaired) electrons. The fourth-order valence-corrected chi connectivity index (χ4v) is 3.03. The summed E-state index contributed by atoms with van der Waals surface area (Å²) >= 11 is 0. The number of benzene rings is 1. The molecule has 1 saturated heterocycles.